The Labute approximate surface area is 144 Å². The minimum atomic E-state index is 0.554. The summed E-state index contributed by atoms with van der Waals surface area (Å²) in [6, 6.07) is 19.3. The Bertz CT molecular complexity index is 993. The van der Waals surface area contributed by atoms with Gasteiger partial charge in [-0.15, -0.1) is 5.10 Å². The summed E-state index contributed by atoms with van der Waals surface area (Å²) in [6.45, 7) is 1.94. The smallest absolute Gasteiger partial charge is 0.254 e. The molecule has 0 unspecified atom stereocenters. The van der Waals surface area contributed by atoms with Crippen LogP contribution in [0.3, 0.4) is 0 Å². The molecule has 2 heterocycles. The molecule has 0 aliphatic carbocycles. The van der Waals surface area contributed by atoms with E-state index in [9.17, 15) is 0 Å². The summed E-state index contributed by atoms with van der Waals surface area (Å²) in [5.74, 6) is 1.98. The molecule has 0 saturated heterocycles. The molecule has 0 aliphatic heterocycles. The number of aromatic nitrogens is 4. The van der Waals surface area contributed by atoms with Crippen LogP contribution in [0.1, 0.15) is 5.69 Å². The van der Waals surface area contributed by atoms with Gasteiger partial charge in [-0.05, 0) is 43.3 Å². The van der Waals surface area contributed by atoms with Gasteiger partial charge in [0.25, 0.3) is 5.78 Å². The molecular formula is C18H14ClN5. The van der Waals surface area contributed by atoms with Crippen LogP contribution in [0.4, 0.5) is 11.5 Å². The molecule has 2 aromatic carbocycles. The fourth-order valence-electron chi connectivity index (χ4n) is 2.47. The van der Waals surface area contributed by atoms with Gasteiger partial charge in [0, 0.05) is 28.0 Å². The number of benzene rings is 2. The topological polar surface area (TPSA) is 55.1 Å². The third kappa shape index (κ3) is 2.81. The van der Waals surface area contributed by atoms with Gasteiger partial charge >= 0.3 is 0 Å². The number of para-hydroxylation sites is 1. The van der Waals surface area contributed by atoms with Crippen LogP contribution in [0.5, 0.6) is 0 Å². The summed E-state index contributed by atoms with van der Waals surface area (Å²) in [4.78, 5) is 9.00. The molecule has 4 aromatic rings. The molecule has 5 nitrogen and oxygen atoms in total. The molecule has 4 rings (SSSR count). The van der Waals surface area contributed by atoms with Crippen molar-refractivity contribution in [3.63, 3.8) is 0 Å². The maximum atomic E-state index is 5.95. The van der Waals surface area contributed by atoms with Crippen LogP contribution in [0.2, 0.25) is 5.02 Å². The molecule has 0 atom stereocenters. The molecule has 0 amide bonds. The third-order valence-electron chi connectivity index (χ3n) is 3.59. The normalized spacial score (nSPS) is 10.9. The highest BCUT2D eigenvalue weighted by Crippen LogP contribution is 2.22. The fourth-order valence-corrected chi connectivity index (χ4v) is 2.59. The maximum Gasteiger partial charge on any atom is 0.254 e. The molecule has 118 valence electrons. The van der Waals surface area contributed by atoms with Crippen LogP contribution < -0.4 is 5.32 Å². The van der Waals surface area contributed by atoms with E-state index in [1.165, 1.54) is 0 Å². The van der Waals surface area contributed by atoms with E-state index in [1.807, 2.05) is 67.6 Å². The Morgan fingerprint density at radius 1 is 0.958 bits per heavy atom. The molecule has 0 saturated carbocycles. The Balaban J connectivity index is 1.81. The van der Waals surface area contributed by atoms with E-state index >= 15 is 0 Å². The molecule has 0 radical (unpaired) electrons. The van der Waals surface area contributed by atoms with Gasteiger partial charge in [0.2, 0.25) is 0 Å². The van der Waals surface area contributed by atoms with Crippen molar-refractivity contribution in [1.29, 1.82) is 0 Å². The van der Waals surface area contributed by atoms with Crippen molar-refractivity contribution in [3.05, 3.63) is 71.4 Å². The van der Waals surface area contributed by atoms with E-state index in [0.29, 0.717) is 16.6 Å². The first-order valence-electron chi connectivity index (χ1n) is 7.51. The summed E-state index contributed by atoms with van der Waals surface area (Å²) in [5, 5.41) is 8.63. The van der Waals surface area contributed by atoms with Gasteiger partial charge in [0.1, 0.15) is 5.82 Å². The van der Waals surface area contributed by atoms with Gasteiger partial charge in [-0.2, -0.15) is 9.50 Å². The van der Waals surface area contributed by atoms with Crippen molar-refractivity contribution < 1.29 is 0 Å². The van der Waals surface area contributed by atoms with Crippen LogP contribution in [0.25, 0.3) is 17.2 Å². The van der Waals surface area contributed by atoms with E-state index in [0.717, 1.165) is 22.8 Å². The number of aryl methyl sites for hydroxylation is 1. The Hall–Kier alpha value is -2.92. The predicted octanol–water partition coefficient (Wildman–Crippen LogP) is 4.50. The second kappa shape index (κ2) is 5.94. The molecule has 0 bridgehead atoms. The van der Waals surface area contributed by atoms with Gasteiger partial charge in [-0.1, -0.05) is 29.8 Å². The first kappa shape index (κ1) is 14.7. The second-order valence-corrected chi connectivity index (χ2v) is 5.86. The monoisotopic (exact) mass is 335 g/mol. The van der Waals surface area contributed by atoms with Crippen molar-refractivity contribution in [1.82, 2.24) is 19.6 Å². The van der Waals surface area contributed by atoms with Crippen LogP contribution in [-0.2, 0) is 0 Å². The quantitative estimate of drug-likeness (QED) is 0.599. The number of nitrogens with one attached hydrogen (secondary N) is 1. The van der Waals surface area contributed by atoms with E-state index in [4.69, 9.17) is 11.6 Å². The lowest BCUT2D eigenvalue weighted by Crippen LogP contribution is -2.02. The maximum absolute atomic E-state index is 5.95. The number of anilines is 2. The predicted molar refractivity (Wildman–Crippen MR) is 95.7 cm³/mol. The number of hydrogen-bond acceptors (Lipinski definition) is 4. The SMILES string of the molecule is Cc1cc(Nc2ccccc2)n2nc(-c3ccc(Cl)cc3)nc2n1. The molecule has 0 aliphatic rings. The van der Waals surface area contributed by atoms with Crippen molar-refractivity contribution in [2.24, 2.45) is 0 Å². The van der Waals surface area contributed by atoms with Gasteiger partial charge < -0.3 is 5.32 Å². The van der Waals surface area contributed by atoms with Crippen LogP contribution in [0, 0.1) is 6.92 Å². The van der Waals surface area contributed by atoms with E-state index < -0.39 is 0 Å². The zero-order chi connectivity index (χ0) is 16.5. The van der Waals surface area contributed by atoms with E-state index in [-0.39, 0.29) is 0 Å². The minimum Gasteiger partial charge on any atom is -0.340 e. The lowest BCUT2D eigenvalue weighted by molar-refractivity contribution is 0.940. The molecule has 6 heteroatoms. The van der Waals surface area contributed by atoms with Gasteiger partial charge in [-0.3, -0.25) is 0 Å². The highest BCUT2D eigenvalue weighted by atomic mass is 35.5. The van der Waals surface area contributed by atoms with Crippen molar-refractivity contribution >= 4 is 28.9 Å². The molecule has 2 aromatic heterocycles. The van der Waals surface area contributed by atoms with E-state index in [1.54, 1.807) is 4.52 Å². The molecule has 0 fully saturated rings. The summed E-state index contributed by atoms with van der Waals surface area (Å²) in [5.41, 5.74) is 2.75. The molecule has 1 N–H and O–H groups in total. The number of hydrogen-bond donors (Lipinski definition) is 1. The summed E-state index contributed by atoms with van der Waals surface area (Å²) >= 11 is 5.95. The summed E-state index contributed by atoms with van der Waals surface area (Å²) in [6.07, 6.45) is 0. The van der Waals surface area contributed by atoms with Crippen LogP contribution in [0.15, 0.2) is 60.7 Å². The van der Waals surface area contributed by atoms with Crippen LogP contribution >= 0.6 is 11.6 Å². The molecule has 0 spiro atoms. The highest BCUT2D eigenvalue weighted by Gasteiger charge is 2.11. The number of halogens is 1. The Morgan fingerprint density at radius 2 is 1.71 bits per heavy atom. The van der Waals surface area contributed by atoms with Crippen LogP contribution in [-0.4, -0.2) is 19.6 Å². The summed E-state index contributed by atoms with van der Waals surface area (Å²) in [7, 11) is 0. The lowest BCUT2D eigenvalue weighted by atomic mass is 10.2. The minimum absolute atomic E-state index is 0.554. The Morgan fingerprint density at radius 3 is 2.46 bits per heavy atom. The van der Waals surface area contributed by atoms with Gasteiger partial charge in [0.05, 0.1) is 0 Å². The first-order chi connectivity index (χ1) is 11.7. The zero-order valence-electron chi connectivity index (χ0n) is 12.9. The van der Waals surface area contributed by atoms with E-state index in [2.05, 4.69) is 20.4 Å². The zero-order valence-corrected chi connectivity index (χ0v) is 13.7. The number of nitrogens with zero attached hydrogens (tertiary/aromatic N) is 4. The summed E-state index contributed by atoms with van der Waals surface area (Å²) < 4.78 is 1.71. The van der Waals surface area contributed by atoms with Gasteiger partial charge in [0.15, 0.2) is 5.82 Å². The van der Waals surface area contributed by atoms with Crippen molar-refractivity contribution in [3.8, 4) is 11.4 Å². The van der Waals surface area contributed by atoms with Crippen molar-refractivity contribution in [2.75, 3.05) is 5.32 Å². The highest BCUT2D eigenvalue weighted by molar-refractivity contribution is 6.30. The standard InChI is InChI=1S/C18H14ClN5/c1-12-11-16(21-15-5-3-2-4-6-15)24-18(20-12)22-17(23-24)13-7-9-14(19)10-8-13/h2-11,21H,1H3. The van der Waals surface area contributed by atoms with Gasteiger partial charge in [-0.25, -0.2) is 4.98 Å². The third-order valence-corrected chi connectivity index (χ3v) is 3.84. The first-order valence-corrected chi connectivity index (χ1v) is 7.89. The largest absolute Gasteiger partial charge is 0.340 e. The molecular weight excluding hydrogens is 322 g/mol. The average molecular weight is 336 g/mol. The average Bonchev–Trinajstić information content (AvgIpc) is 3.00. The fraction of sp³-hybridized carbons (Fsp3) is 0.0556. The second-order valence-electron chi connectivity index (χ2n) is 5.43. The lowest BCUT2D eigenvalue weighted by Gasteiger charge is -2.08. The number of fused-ring (bicyclic) bond motifs is 1. The molecule has 24 heavy (non-hydrogen) atoms. The van der Waals surface area contributed by atoms with Crippen molar-refractivity contribution in [2.45, 2.75) is 6.92 Å². The Kier molecular flexibility index (Phi) is 3.63. The number of rotatable bonds is 3.